The number of ether oxygens (including phenoxy) is 3. The number of aromatic nitrogens is 2. The molecule has 0 aliphatic carbocycles. The zero-order valence-electron chi connectivity index (χ0n) is 36.7. The van der Waals surface area contributed by atoms with Crippen molar-refractivity contribution in [1.82, 2.24) is 24.9 Å². The normalized spacial score (nSPS) is 12.7. The molecular formula is C42H57N11O10. The van der Waals surface area contributed by atoms with Crippen LogP contribution in [0.3, 0.4) is 0 Å². The fraction of sp³-hybridized carbons (Fsp3) is 0.405. The molecule has 0 spiro atoms. The monoisotopic (exact) mass is 875 g/mol. The van der Waals surface area contributed by atoms with E-state index in [1.54, 1.807) is 72.5 Å². The molecule has 6 N–H and O–H groups in total. The Morgan fingerprint density at radius 2 is 1.81 bits per heavy atom. The van der Waals surface area contributed by atoms with E-state index < -0.39 is 28.2 Å². The van der Waals surface area contributed by atoms with Gasteiger partial charge in [-0.05, 0) is 78.7 Å². The van der Waals surface area contributed by atoms with Crippen LogP contribution < -0.4 is 36.5 Å². The number of benzene rings is 2. The smallest absolute Gasteiger partial charge is 0.410 e. The first-order chi connectivity index (χ1) is 30.0. The van der Waals surface area contributed by atoms with Gasteiger partial charge in [-0.15, -0.1) is 0 Å². The molecular weight excluding hydrogens is 819 g/mol. The minimum atomic E-state index is -0.707. The molecule has 1 aliphatic rings. The van der Waals surface area contributed by atoms with Crippen molar-refractivity contribution in [3.05, 3.63) is 87.3 Å². The Hall–Kier alpha value is -7.29. The quantitative estimate of drug-likeness (QED) is 0.0314. The van der Waals surface area contributed by atoms with Crippen LogP contribution >= 0.6 is 0 Å². The number of primary amides is 1. The van der Waals surface area contributed by atoms with Gasteiger partial charge in [-0.25, -0.2) is 4.79 Å². The van der Waals surface area contributed by atoms with Gasteiger partial charge >= 0.3 is 6.09 Å². The summed E-state index contributed by atoms with van der Waals surface area (Å²) in [6, 6.07) is 7.09. The number of aryl methyl sites for hydroxylation is 2. The van der Waals surface area contributed by atoms with Gasteiger partial charge in [-0.3, -0.25) is 43.9 Å². The summed E-state index contributed by atoms with van der Waals surface area (Å²) in [6.45, 7) is 13.8. The van der Waals surface area contributed by atoms with Crippen LogP contribution in [0.25, 0.3) is 0 Å². The minimum absolute atomic E-state index is 0.0240. The number of nitro benzene ring substituents is 1. The highest BCUT2D eigenvalue weighted by Crippen LogP contribution is 2.39. The van der Waals surface area contributed by atoms with Gasteiger partial charge in [0, 0.05) is 56.5 Å². The standard InChI is InChI=1S/C41H52N10O10.CH5N/c1-8-50-32(19-27(2)46-50)39(55)45-26-49(37-30(43-6)22-29(38(42)54)23-34(37)59-7)15-10-9-13-44-36-31(51(57)58)20-28(25-52)21-33(36)60-18-12-11-14-47-16-17-48(24-35(47)53)40(56)61-41(3,4)5;1-2/h9-12,19-23,25,44H,6,8,13-18,24,26H2,1-5,7H3,(H2,42,54)(H,45,55);2H2,1H3/b10-9+,12-11-;. The number of piperazine rings is 1. The Morgan fingerprint density at radius 3 is 2.41 bits per heavy atom. The van der Waals surface area contributed by atoms with Gasteiger partial charge in [0.05, 0.1) is 30.1 Å². The highest BCUT2D eigenvalue weighted by molar-refractivity contribution is 5.97. The summed E-state index contributed by atoms with van der Waals surface area (Å²) in [5, 5.41) is 22.4. The van der Waals surface area contributed by atoms with E-state index in [1.807, 2.05) is 6.92 Å². The third kappa shape index (κ3) is 14.1. The lowest BCUT2D eigenvalue weighted by atomic mass is 10.1. The zero-order chi connectivity index (χ0) is 46.9. The molecule has 21 nitrogen and oxygen atoms in total. The third-order valence-electron chi connectivity index (χ3n) is 9.03. The number of carbonyl (C=O) groups is 5. The lowest BCUT2D eigenvalue weighted by Crippen LogP contribution is -2.53. The summed E-state index contributed by atoms with van der Waals surface area (Å²) in [6.07, 6.45) is 6.68. The van der Waals surface area contributed by atoms with Gasteiger partial charge in [-0.1, -0.05) is 18.2 Å². The number of anilines is 2. The molecule has 21 heteroatoms. The molecule has 2 heterocycles. The molecule has 0 bridgehead atoms. The van der Waals surface area contributed by atoms with Gasteiger partial charge in [-0.2, -0.15) is 5.10 Å². The van der Waals surface area contributed by atoms with E-state index in [1.165, 1.54) is 37.3 Å². The maximum atomic E-state index is 13.3. The van der Waals surface area contributed by atoms with Crippen molar-refractivity contribution in [2.45, 2.75) is 46.8 Å². The largest absolute Gasteiger partial charge is 0.494 e. The molecule has 63 heavy (non-hydrogen) atoms. The van der Waals surface area contributed by atoms with E-state index in [2.05, 4.69) is 33.2 Å². The fourth-order valence-corrected chi connectivity index (χ4v) is 6.15. The van der Waals surface area contributed by atoms with E-state index in [4.69, 9.17) is 19.9 Å². The van der Waals surface area contributed by atoms with E-state index in [0.717, 1.165) is 6.07 Å². The Kier molecular flexibility index (Phi) is 18.8. The zero-order valence-corrected chi connectivity index (χ0v) is 36.7. The Bertz CT molecular complexity index is 2200. The second kappa shape index (κ2) is 23.6. The number of nitrogens with zero attached hydrogens (tertiary/aromatic N) is 7. The van der Waals surface area contributed by atoms with Crippen LogP contribution in [-0.2, 0) is 16.1 Å². The topological polar surface area (TPSA) is 272 Å². The SMILES string of the molecule is C=Nc1cc(C(N)=O)cc(OC)c1N(C/C=C/CNc1c(OC/C=C\CN2CCN(C(=O)OC(C)(C)C)CC2=O)cc(C=O)cc1[N+](=O)[O-])CNC(=O)c1cc(C)nn1CC.CN. The molecule has 3 aromatic rings. The van der Waals surface area contributed by atoms with Gasteiger partial charge < -0.3 is 46.1 Å². The maximum absolute atomic E-state index is 13.3. The molecule has 4 rings (SSSR count). The number of aliphatic imine (C=N–C) groups is 1. The number of hydrogen-bond acceptors (Lipinski definition) is 15. The number of amides is 4. The molecule has 1 aliphatic heterocycles. The fourth-order valence-electron chi connectivity index (χ4n) is 6.15. The predicted molar refractivity (Wildman–Crippen MR) is 238 cm³/mol. The molecule has 0 radical (unpaired) electrons. The molecule has 4 amide bonds. The number of hydrogen-bond donors (Lipinski definition) is 4. The van der Waals surface area contributed by atoms with Crippen LogP contribution in [0.2, 0.25) is 0 Å². The van der Waals surface area contributed by atoms with Crippen molar-refractivity contribution in [2.24, 2.45) is 16.5 Å². The summed E-state index contributed by atoms with van der Waals surface area (Å²) in [5.74, 6) is -1.07. The number of methoxy groups -OCH3 is 1. The highest BCUT2D eigenvalue weighted by atomic mass is 16.6. The van der Waals surface area contributed by atoms with Crippen LogP contribution in [0.1, 0.15) is 64.6 Å². The molecule has 340 valence electrons. The summed E-state index contributed by atoms with van der Waals surface area (Å²) < 4.78 is 18.4. The summed E-state index contributed by atoms with van der Waals surface area (Å²) in [7, 11) is 2.91. The average molecular weight is 876 g/mol. The molecule has 0 unspecified atom stereocenters. The van der Waals surface area contributed by atoms with Crippen molar-refractivity contribution in [3.63, 3.8) is 0 Å². The number of carbonyl (C=O) groups excluding carboxylic acids is 5. The van der Waals surface area contributed by atoms with Crippen LogP contribution in [0.15, 0.2) is 59.6 Å². The van der Waals surface area contributed by atoms with Gasteiger partial charge in [0.15, 0.2) is 11.4 Å². The molecule has 1 aromatic heterocycles. The van der Waals surface area contributed by atoms with Crippen molar-refractivity contribution < 1.29 is 43.1 Å². The van der Waals surface area contributed by atoms with Crippen LogP contribution in [0, 0.1) is 17.0 Å². The first-order valence-electron chi connectivity index (χ1n) is 19.8. The van der Waals surface area contributed by atoms with Crippen LogP contribution in [-0.4, -0.2) is 134 Å². The minimum Gasteiger partial charge on any atom is -0.494 e. The number of rotatable bonds is 20. The number of nitrogens with two attached hydrogens (primary N) is 2. The van der Waals surface area contributed by atoms with E-state index >= 15 is 0 Å². The number of nitrogens with one attached hydrogen (secondary N) is 2. The van der Waals surface area contributed by atoms with Crippen LogP contribution in [0.5, 0.6) is 11.5 Å². The summed E-state index contributed by atoms with van der Waals surface area (Å²) in [4.78, 5) is 82.4. The van der Waals surface area contributed by atoms with Gasteiger partial charge in [0.2, 0.25) is 11.8 Å². The van der Waals surface area contributed by atoms with E-state index in [9.17, 15) is 34.1 Å². The van der Waals surface area contributed by atoms with Crippen molar-refractivity contribution in [3.8, 4) is 11.5 Å². The first kappa shape index (κ1) is 50.1. The van der Waals surface area contributed by atoms with E-state index in [-0.39, 0.29) is 85.3 Å². The molecule has 0 saturated carbocycles. The molecule has 1 fully saturated rings. The molecule has 0 atom stereocenters. The lowest BCUT2D eigenvalue weighted by molar-refractivity contribution is -0.384. The van der Waals surface area contributed by atoms with Crippen molar-refractivity contribution in [1.29, 1.82) is 0 Å². The average Bonchev–Trinajstić information content (AvgIpc) is 3.64. The number of aldehydes is 1. The molecule has 2 aromatic carbocycles. The van der Waals surface area contributed by atoms with Crippen LogP contribution in [0.4, 0.5) is 27.5 Å². The third-order valence-corrected chi connectivity index (χ3v) is 9.03. The lowest BCUT2D eigenvalue weighted by Gasteiger charge is -2.34. The summed E-state index contributed by atoms with van der Waals surface area (Å²) >= 11 is 0. The Balaban J connectivity index is 0.00000520. The second-order valence-electron chi connectivity index (χ2n) is 14.6. The second-order valence-corrected chi connectivity index (χ2v) is 14.6. The predicted octanol–water partition coefficient (Wildman–Crippen LogP) is 3.82. The Labute approximate surface area is 365 Å². The van der Waals surface area contributed by atoms with Gasteiger partial charge in [0.25, 0.3) is 11.6 Å². The highest BCUT2D eigenvalue weighted by Gasteiger charge is 2.30. The Morgan fingerprint density at radius 1 is 1.08 bits per heavy atom. The number of nitro groups is 1. The van der Waals surface area contributed by atoms with Gasteiger partial charge in [0.1, 0.15) is 42.2 Å². The van der Waals surface area contributed by atoms with Crippen molar-refractivity contribution in [2.75, 3.05) is 76.9 Å². The maximum Gasteiger partial charge on any atom is 0.410 e. The first-order valence-corrected chi connectivity index (χ1v) is 19.8. The summed E-state index contributed by atoms with van der Waals surface area (Å²) in [5.41, 5.74) is 10.8. The van der Waals surface area contributed by atoms with E-state index in [0.29, 0.717) is 43.0 Å². The van der Waals surface area contributed by atoms with Crippen molar-refractivity contribution >= 4 is 59.6 Å². The molecule has 1 saturated heterocycles.